The highest BCUT2D eigenvalue weighted by Gasteiger charge is 2.18. The molecule has 0 heterocycles. The van der Waals surface area contributed by atoms with Gasteiger partial charge in [-0.15, -0.1) is 0 Å². The molecule has 0 saturated heterocycles. The summed E-state index contributed by atoms with van der Waals surface area (Å²) in [5.74, 6) is -0.168. The number of sulfonamides is 1. The second kappa shape index (κ2) is 8.83. The molecule has 0 spiro atoms. The minimum atomic E-state index is -3.93. The van der Waals surface area contributed by atoms with E-state index >= 15 is 0 Å². The van der Waals surface area contributed by atoms with Crippen molar-refractivity contribution in [3.8, 4) is 5.75 Å². The average molecular weight is 466 g/mol. The number of nitrogens with two attached hydrogens (primary N) is 1. The first kappa shape index (κ1) is 21.8. The van der Waals surface area contributed by atoms with Crippen LogP contribution in [0.2, 0.25) is 10.0 Å². The number of carbonyl (C=O) groups excluding carboxylic acids is 1. The molecule has 0 aliphatic carbocycles. The molecule has 156 valence electrons. The summed E-state index contributed by atoms with van der Waals surface area (Å²) in [7, 11) is -2.53. The van der Waals surface area contributed by atoms with Crippen molar-refractivity contribution in [1.82, 2.24) is 0 Å². The Kier molecular flexibility index (Phi) is 6.40. The fourth-order valence-electron chi connectivity index (χ4n) is 2.59. The molecule has 0 saturated carbocycles. The molecule has 0 aliphatic heterocycles. The molecule has 0 aliphatic rings. The van der Waals surface area contributed by atoms with Crippen molar-refractivity contribution in [2.45, 2.75) is 4.90 Å². The molecule has 4 N–H and O–H groups in total. The lowest BCUT2D eigenvalue weighted by Gasteiger charge is -2.14. The molecule has 0 unspecified atom stereocenters. The minimum Gasteiger partial charge on any atom is -0.495 e. The fourth-order valence-corrected chi connectivity index (χ4v) is 4.01. The van der Waals surface area contributed by atoms with Crippen LogP contribution in [-0.4, -0.2) is 21.4 Å². The van der Waals surface area contributed by atoms with E-state index in [0.717, 1.165) is 0 Å². The molecular weight excluding hydrogens is 449 g/mol. The van der Waals surface area contributed by atoms with Crippen LogP contribution in [0, 0.1) is 0 Å². The van der Waals surface area contributed by atoms with Crippen LogP contribution in [0.5, 0.6) is 5.75 Å². The van der Waals surface area contributed by atoms with E-state index in [1.165, 1.54) is 55.6 Å². The number of methoxy groups -OCH3 is 1. The summed E-state index contributed by atoms with van der Waals surface area (Å²) in [4.78, 5) is 12.5. The summed E-state index contributed by atoms with van der Waals surface area (Å²) >= 11 is 11.8. The van der Waals surface area contributed by atoms with Gasteiger partial charge in [-0.3, -0.25) is 9.52 Å². The Morgan fingerprint density at radius 3 is 2.43 bits per heavy atom. The summed E-state index contributed by atoms with van der Waals surface area (Å²) < 4.78 is 33.1. The molecule has 3 rings (SSSR count). The fraction of sp³-hybridized carbons (Fsp3) is 0.0500. The highest BCUT2D eigenvalue weighted by atomic mass is 35.5. The zero-order valence-electron chi connectivity index (χ0n) is 15.6. The van der Waals surface area contributed by atoms with Crippen LogP contribution in [0.25, 0.3) is 0 Å². The number of hydrogen-bond acceptors (Lipinski definition) is 5. The van der Waals surface area contributed by atoms with Gasteiger partial charge in [0.1, 0.15) is 5.75 Å². The van der Waals surface area contributed by atoms with Crippen LogP contribution in [0.3, 0.4) is 0 Å². The van der Waals surface area contributed by atoms with E-state index in [1.807, 2.05) is 0 Å². The van der Waals surface area contributed by atoms with Gasteiger partial charge in [-0.2, -0.15) is 0 Å². The number of hydrogen-bond donors (Lipinski definition) is 3. The normalized spacial score (nSPS) is 11.0. The SMILES string of the molecule is COc1ccc(NC(=O)c2ccc(Cl)c(Cl)c2)cc1NS(=O)(=O)c1cccc(N)c1. The Morgan fingerprint density at radius 1 is 1.00 bits per heavy atom. The predicted octanol–water partition coefficient (Wildman–Crippen LogP) is 4.64. The van der Waals surface area contributed by atoms with Gasteiger partial charge in [0.15, 0.2) is 0 Å². The molecular formula is C20H17Cl2N3O4S. The van der Waals surface area contributed by atoms with Crippen LogP contribution in [-0.2, 0) is 10.0 Å². The van der Waals surface area contributed by atoms with Crippen LogP contribution in [0.1, 0.15) is 10.4 Å². The Balaban J connectivity index is 1.88. The van der Waals surface area contributed by atoms with Crippen molar-refractivity contribution < 1.29 is 17.9 Å². The lowest BCUT2D eigenvalue weighted by molar-refractivity contribution is 0.102. The molecule has 0 radical (unpaired) electrons. The maximum absolute atomic E-state index is 12.7. The zero-order chi connectivity index (χ0) is 21.9. The average Bonchev–Trinajstić information content (AvgIpc) is 2.70. The molecule has 0 aromatic heterocycles. The highest BCUT2D eigenvalue weighted by Crippen LogP contribution is 2.31. The summed E-state index contributed by atoms with van der Waals surface area (Å²) in [6.45, 7) is 0. The largest absolute Gasteiger partial charge is 0.495 e. The number of rotatable bonds is 6. The highest BCUT2D eigenvalue weighted by molar-refractivity contribution is 7.92. The summed E-state index contributed by atoms with van der Waals surface area (Å²) in [5.41, 5.74) is 6.77. The second-order valence-corrected chi connectivity index (χ2v) is 8.67. The van der Waals surface area contributed by atoms with Gasteiger partial charge in [-0.1, -0.05) is 29.3 Å². The first-order valence-corrected chi connectivity index (χ1v) is 10.8. The molecule has 1 amide bonds. The zero-order valence-corrected chi connectivity index (χ0v) is 18.0. The van der Waals surface area contributed by atoms with Gasteiger partial charge in [0, 0.05) is 16.9 Å². The number of nitrogens with one attached hydrogen (secondary N) is 2. The van der Waals surface area contributed by atoms with Crippen LogP contribution in [0.15, 0.2) is 65.6 Å². The summed E-state index contributed by atoms with van der Waals surface area (Å²) in [6, 6.07) is 14.9. The Bertz CT molecular complexity index is 1220. The van der Waals surface area contributed by atoms with E-state index < -0.39 is 15.9 Å². The number of carbonyl (C=O) groups is 1. The van der Waals surface area contributed by atoms with Gasteiger partial charge >= 0.3 is 0 Å². The van der Waals surface area contributed by atoms with Crippen molar-refractivity contribution in [2.24, 2.45) is 0 Å². The van der Waals surface area contributed by atoms with Crippen molar-refractivity contribution in [3.63, 3.8) is 0 Å². The van der Waals surface area contributed by atoms with Crippen LogP contribution in [0.4, 0.5) is 17.1 Å². The molecule has 0 atom stereocenters. The van der Waals surface area contributed by atoms with Crippen molar-refractivity contribution >= 4 is 56.2 Å². The number of ether oxygens (including phenoxy) is 1. The van der Waals surface area contributed by atoms with E-state index in [9.17, 15) is 13.2 Å². The van der Waals surface area contributed by atoms with E-state index in [-0.39, 0.29) is 21.4 Å². The lowest BCUT2D eigenvalue weighted by Crippen LogP contribution is -2.15. The number of anilines is 3. The molecule has 3 aromatic rings. The lowest BCUT2D eigenvalue weighted by atomic mass is 10.2. The van der Waals surface area contributed by atoms with Gasteiger partial charge in [-0.25, -0.2) is 8.42 Å². The topological polar surface area (TPSA) is 111 Å². The third kappa shape index (κ3) is 4.96. The first-order chi connectivity index (χ1) is 14.2. The standard InChI is InChI=1S/C20H17Cl2N3O4S/c1-29-19-8-6-14(24-20(26)12-5-7-16(21)17(22)9-12)11-18(19)25-30(27,28)15-4-2-3-13(23)10-15/h2-11,25H,23H2,1H3,(H,24,26). The first-order valence-electron chi connectivity index (χ1n) is 8.52. The molecule has 7 nitrogen and oxygen atoms in total. The predicted molar refractivity (Wildman–Crippen MR) is 119 cm³/mol. The Labute approximate surface area is 183 Å². The van der Waals surface area contributed by atoms with E-state index in [4.69, 9.17) is 33.7 Å². The van der Waals surface area contributed by atoms with Gasteiger partial charge < -0.3 is 15.8 Å². The van der Waals surface area contributed by atoms with E-state index in [0.29, 0.717) is 22.0 Å². The second-order valence-electron chi connectivity index (χ2n) is 6.18. The monoisotopic (exact) mass is 465 g/mol. The third-order valence-corrected chi connectivity index (χ3v) is 6.15. The summed E-state index contributed by atoms with van der Waals surface area (Å²) in [6.07, 6.45) is 0. The Morgan fingerprint density at radius 2 is 1.77 bits per heavy atom. The molecule has 0 fully saturated rings. The minimum absolute atomic E-state index is 0.00482. The van der Waals surface area contributed by atoms with Gasteiger partial charge in [0.2, 0.25) is 0 Å². The molecule has 30 heavy (non-hydrogen) atoms. The number of benzene rings is 3. The van der Waals surface area contributed by atoms with Crippen LogP contribution >= 0.6 is 23.2 Å². The van der Waals surface area contributed by atoms with E-state index in [1.54, 1.807) is 12.1 Å². The van der Waals surface area contributed by atoms with Crippen molar-refractivity contribution in [2.75, 3.05) is 22.9 Å². The molecule has 0 bridgehead atoms. The molecule has 10 heteroatoms. The quantitative estimate of drug-likeness (QED) is 0.459. The maximum atomic E-state index is 12.7. The van der Waals surface area contributed by atoms with Crippen molar-refractivity contribution in [3.05, 3.63) is 76.3 Å². The van der Waals surface area contributed by atoms with Gasteiger partial charge in [-0.05, 0) is 54.6 Å². The van der Waals surface area contributed by atoms with Gasteiger partial charge in [0.05, 0.1) is 27.7 Å². The summed E-state index contributed by atoms with van der Waals surface area (Å²) in [5, 5.41) is 3.25. The van der Waals surface area contributed by atoms with Gasteiger partial charge in [0.25, 0.3) is 15.9 Å². The smallest absolute Gasteiger partial charge is 0.262 e. The number of amides is 1. The van der Waals surface area contributed by atoms with E-state index in [2.05, 4.69) is 10.0 Å². The van der Waals surface area contributed by atoms with Crippen molar-refractivity contribution in [1.29, 1.82) is 0 Å². The molecule has 3 aromatic carbocycles. The maximum Gasteiger partial charge on any atom is 0.262 e. The van der Waals surface area contributed by atoms with Crippen LogP contribution < -0.4 is 20.5 Å². The third-order valence-electron chi connectivity index (χ3n) is 4.05. The number of halogens is 2. The Hall–Kier alpha value is -2.94. The number of nitrogen functional groups attached to an aromatic ring is 1.